The highest BCUT2D eigenvalue weighted by atomic mass is 32.2. The fraction of sp³-hybridized carbons (Fsp3) is 0.308. The van der Waals surface area contributed by atoms with Crippen LogP contribution in [0, 0.1) is 0 Å². The molecular formula is C26H31N5O6S. The Bertz CT molecular complexity index is 1360. The minimum absolute atomic E-state index is 0.0178. The van der Waals surface area contributed by atoms with Gasteiger partial charge in [0, 0.05) is 31.7 Å². The van der Waals surface area contributed by atoms with Crippen LogP contribution in [0.2, 0.25) is 0 Å². The van der Waals surface area contributed by atoms with Crippen molar-refractivity contribution in [2.24, 2.45) is 0 Å². The maximum atomic E-state index is 13.6. The molecule has 38 heavy (non-hydrogen) atoms. The number of hydrogen-bond acceptors (Lipinski definition) is 8. The van der Waals surface area contributed by atoms with Crippen LogP contribution in [0.1, 0.15) is 32.0 Å². The Morgan fingerprint density at radius 1 is 1.03 bits per heavy atom. The van der Waals surface area contributed by atoms with Crippen LogP contribution in [0.3, 0.4) is 0 Å². The third-order valence-electron chi connectivity index (χ3n) is 5.19. The molecule has 0 fully saturated rings. The predicted molar refractivity (Wildman–Crippen MR) is 142 cm³/mol. The van der Waals surface area contributed by atoms with Gasteiger partial charge >= 0.3 is 12.1 Å². The van der Waals surface area contributed by atoms with E-state index in [4.69, 9.17) is 4.74 Å². The van der Waals surface area contributed by atoms with Crippen molar-refractivity contribution in [2.75, 3.05) is 23.8 Å². The van der Waals surface area contributed by atoms with Gasteiger partial charge in [0.2, 0.25) is 10.0 Å². The highest BCUT2D eigenvalue weighted by Crippen LogP contribution is 2.23. The van der Waals surface area contributed by atoms with E-state index >= 15 is 0 Å². The summed E-state index contributed by atoms with van der Waals surface area (Å²) in [6.45, 7) is 4.21. The minimum Gasteiger partial charge on any atom is -0.480 e. The van der Waals surface area contributed by atoms with Gasteiger partial charge in [-0.25, -0.2) is 18.2 Å². The quantitative estimate of drug-likeness (QED) is 0.392. The van der Waals surface area contributed by atoms with E-state index in [1.165, 1.54) is 34.9 Å². The van der Waals surface area contributed by atoms with E-state index in [1.54, 1.807) is 40.0 Å². The third kappa shape index (κ3) is 7.73. The molecule has 11 nitrogen and oxygen atoms in total. The second-order valence-electron chi connectivity index (χ2n) is 9.36. The summed E-state index contributed by atoms with van der Waals surface area (Å²) in [5, 5.41) is 12.4. The fourth-order valence-electron chi connectivity index (χ4n) is 3.43. The van der Waals surface area contributed by atoms with Gasteiger partial charge in [-0.15, -0.1) is 0 Å². The first-order valence-electron chi connectivity index (χ1n) is 11.7. The van der Waals surface area contributed by atoms with E-state index in [9.17, 15) is 23.1 Å². The van der Waals surface area contributed by atoms with Gasteiger partial charge in [-0.3, -0.25) is 14.7 Å². The molecule has 0 bridgehead atoms. The van der Waals surface area contributed by atoms with Crippen molar-refractivity contribution in [1.82, 2.24) is 14.3 Å². The number of aliphatic carboxylic acids is 1. The van der Waals surface area contributed by atoms with Crippen LogP contribution in [-0.2, 0) is 32.6 Å². The Labute approximate surface area is 222 Å². The number of anilines is 2. The van der Waals surface area contributed by atoms with Crippen molar-refractivity contribution in [3.8, 4) is 0 Å². The van der Waals surface area contributed by atoms with Gasteiger partial charge in [0.05, 0.1) is 12.2 Å². The SMILES string of the molecule is CNc1ccc(CN(Cc2cccc(N(CC(=O)O)C(=O)OC(C)(C)C)n2)S(=O)(=O)c2cccnc2)cc1. The Morgan fingerprint density at radius 2 is 1.74 bits per heavy atom. The molecular weight excluding hydrogens is 510 g/mol. The maximum Gasteiger partial charge on any atom is 0.416 e. The zero-order chi connectivity index (χ0) is 27.9. The first-order valence-corrected chi connectivity index (χ1v) is 13.2. The zero-order valence-corrected chi connectivity index (χ0v) is 22.5. The highest BCUT2D eigenvalue weighted by molar-refractivity contribution is 7.89. The number of sulfonamides is 1. The highest BCUT2D eigenvalue weighted by Gasteiger charge is 2.28. The van der Waals surface area contributed by atoms with Crippen LogP contribution < -0.4 is 10.2 Å². The average Bonchev–Trinajstić information content (AvgIpc) is 2.87. The number of carboxylic acids is 1. The molecule has 0 spiro atoms. The summed E-state index contributed by atoms with van der Waals surface area (Å²) in [6, 6.07) is 15.0. The van der Waals surface area contributed by atoms with Gasteiger partial charge < -0.3 is 15.2 Å². The van der Waals surface area contributed by atoms with Gasteiger partial charge in [0.1, 0.15) is 22.9 Å². The van der Waals surface area contributed by atoms with Crippen LogP contribution in [0.5, 0.6) is 0 Å². The summed E-state index contributed by atoms with van der Waals surface area (Å²) in [7, 11) is -2.20. The molecule has 1 aromatic carbocycles. The number of hydrogen-bond donors (Lipinski definition) is 2. The molecule has 202 valence electrons. The normalized spacial score (nSPS) is 11.7. The molecule has 0 saturated carbocycles. The summed E-state index contributed by atoms with van der Waals surface area (Å²) in [6.07, 6.45) is 1.88. The number of rotatable bonds is 10. The van der Waals surface area contributed by atoms with E-state index < -0.39 is 34.2 Å². The number of aromatic nitrogens is 2. The molecule has 0 aliphatic heterocycles. The topological polar surface area (TPSA) is 142 Å². The van der Waals surface area contributed by atoms with Crippen LogP contribution in [0.25, 0.3) is 0 Å². The van der Waals surface area contributed by atoms with Gasteiger partial charge in [-0.1, -0.05) is 18.2 Å². The molecule has 0 atom stereocenters. The lowest BCUT2D eigenvalue weighted by Gasteiger charge is -2.26. The van der Waals surface area contributed by atoms with E-state index in [-0.39, 0.29) is 23.8 Å². The smallest absolute Gasteiger partial charge is 0.416 e. The lowest BCUT2D eigenvalue weighted by atomic mass is 10.2. The molecule has 2 N–H and O–H groups in total. The summed E-state index contributed by atoms with van der Waals surface area (Å²) in [5.74, 6) is -1.23. The average molecular weight is 542 g/mol. The number of amides is 1. The number of nitrogens with one attached hydrogen (secondary N) is 1. The Morgan fingerprint density at radius 3 is 2.32 bits per heavy atom. The summed E-state index contributed by atoms with van der Waals surface area (Å²) in [5.41, 5.74) is 1.07. The Kier molecular flexibility index (Phi) is 9.02. The van der Waals surface area contributed by atoms with Gasteiger partial charge in [0.25, 0.3) is 0 Å². The first-order chi connectivity index (χ1) is 17.9. The first kappa shape index (κ1) is 28.5. The number of pyridine rings is 2. The van der Waals surface area contributed by atoms with Crippen LogP contribution in [-0.4, -0.2) is 59.1 Å². The predicted octanol–water partition coefficient (Wildman–Crippen LogP) is 3.74. The van der Waals surface area contributed by atoms with Crippen molar-refractivity contribution in [1.29, 1.82) is 0 Å². The number of carbonyl (C=O) groups excluding carboxylic acids is 1. The Hall–Kier alpha value is -4.03. The van der Waals surface area contributed by atoms with E-state index in [2.05, 4.69) is 15.3 Å². The summed E-state index contributed by atoms with van der Waals surface area (Å²) < 4.78 is 33.8. The van der Waals surface area contributed by atoms with Crippen molar-refractivity contribution in [2.45, 2.75) is 44.4 Å². The maximum absolute atomic E-state index is 13.6. The minimum atomic E-state index is -3.99. The van der Waals surface area contributed by atoms with Crippen LogP contribution in [0.15, 0.2) is 71.9 Å². The molecule has 0 unspecified atom stereocenters. The van der Waals surface area contributed by atoms with Crippen LogP contribution in [0.4, 0.5) is 16.3 Å². The number of carbonyl (C=O) groups is 2. The number of ether oxygens (including phenoxy) is 1. The largest absolute Gasteiger partial charge is 0.480 e. The molecule has 3 aromatic rings. The van der Waals surface area contributed by atoms with Crippen molar-refractivity contribution >= 4 is 33.6 Å². The summed E-state index contributed by atoms with van der Waals surface area (Å²) in [4.78, 5) is 33.5. The van der Waals surface area contributed by atoms with Crippen molar-refractivity contribution < 1.29 is 27.9 Å². The Balaban J connectivity index is 1.97. The molecule has 0 saturated heterocycles. The fourth-order valence-corrected chi connectivity index (χ4v) is 4.80. The molecule has 0 aliphatic carbocycles. The third-order valence-corrected chi connectivity index (χ3v) is 6.96. The number of carboxylic acid groups (broad SMARTS) is 1. The lowest BCUT2D eigenvalue weighted by molar-refractivity contribution is -0.135. The molecule has 12 heteroatoms. The van der Waals surface area contributed by atoms with Crippen LogP contribution >= 0.6 is 0 Å². The lowest BCUT2D eigenvalue weighted by Crippen LogP contribution is -2.40. The van der Waals surface area contributed by atoms with Gasteiger partial charge in [0.15, 0.2) is 0 Å². The number of nitrogens with zero attached hydrogens (tertiary/aromatic N) is 4. The molecule has 0 aliphatic rings. The van der Waals surface area contributed by atoms with Crippen molar-refractivity contribution in [3.63, 3.8) is 0 Å². The van der Waals surface area contributed by atoms with E-state index in [0.29, 0.717) is 5.69 Å². The molecule has 0 radical (unpaired) electrons. The molecule has 2 heterocycles. The van der Waals surface area contributed by atoms with Gasteiger partial charge in [-0.05, 0) is 62.7 Å². The second kappa shape index (κ2) is 12.0. The van der Waals surface area contributed by atoms with Crippen molar-refractivity contribution in [3.05, 3.63) is 78.2 Å². The monoisotopic (exact) mass is 541 g/mol. The van der Waals surface area contributed by atoms with Gasteiger partial charge in [-0.2, -0.15) is 4.31 Å². The second-order valence-corrected chi connectivity index (χ2v) is 11.3. The molecule has 3 rings (SSSR count). The molecule has 1 amide bonds. The summed E-state index contributed by atoms with van der Waals surface area (Å²) >= 11 is 0. The zero-order valence-electron chi connectivity index (χ0n) is 21.7. The standard InChI is InChI=1S/C26H31N5O6S/c1-26(2,3)37-25(34)31(18-24(32)33)23-9-5-7-21(29-23)17-30(16-19-10-12-20(27-4)13-11-19)38(35,36)22-8-6-14-28-15-22/h5-15,27H,16-18H2,1-4H3,(H,32,33). The van der Waals surface area contributed by atoms with E-state index in [1.807, 2.05) is 24.3 Å². The molecule has 2 aromatic heterocycles. The van der Waals surface area contributed by atoms with E-state index in [0.717, 1.165) is 16.2 Å². The number of benzene rings is 1.